The number of amides is 2. The second-order valence-corrected chi connectivity index (χ2v) is 13.7. The van der Waals surface area contributed by atoms with Crippen molar-refractivity contribution in [3.63, 3.8) is 0 Å². The van der Waals surface area contributed by atoms with E-state index in [-0.39, 0.29) is 17.8 Å². The van der Waals surface area contributed by atoms with Crippen molar-refractivity contribution in [3.8, 4) is 11.5 Å². The fraction of sp³-hybridized carbons (Fsp3) is 0.333. The highest BCUT2D eigenvalue weighted by atomic mass is 35.5. The van der Waals surface area contributed by atoms with Gasteiger partial charge >= 0.3 is 12.5 Å². The van der Waals surface area contributed by atoms with Gasteiger partial charge in [0.25, 0.3) is 5.91 Å². The van der Waals surface area contributed by atoms with E-state index in [1.807, 2.05) is 13.8 Å². The molecule has 2 amide bonds. The normalized spacial score (nSPS) is 12.3. The molecular formula is C33H34ClF3N2O5S. The molecule has 240 valence electrons. The quantitative estimate of drug-likeness (QED) is 0.196. The number of benzene rings is 3. The lowest BCUT2D eigenvalue weighted by Crippen LogP contribution is -2.27. The van der Waals surface area contributed by atoms with E-state index < -0.39 is 29.2 Å². The van der Waals surface area contributed by atoms with Crippen molar-refractivity contribution in [2.45, 2.75) is 71.9 Å². The second kappa shape index (κ2) is 12.8. The first-order valence-electron chi connectivity index (χ1n) is 14.0. The maximum atomic E-state index is 13.3. The van der Waals surface area contributed by atoms with Crippen molar-refractivity contribution in [2.24, 2.45) is 0 Å². The van der Waals surface area contributed by atoms with Crippen LogP contribution in [0.1, 0.15) is 69.3 Å². The Morgan fingerprint density at radius 2 is 1.49 bits per heavy atom. The molecule has 0 spiro atoms. The number of hydrogen-bond acceptors (Lipinski definition) is 6. The van der Waals surface area contributed by atoms with Gasteiger partial charge < -0.3 is 19.5 Å². The molecule has 1 heterocycles. The van der Waals surface area contributed by atoms with Gasteiger partial charge in [-0.1, -0.05) is 25.4 Å². The fourth-order valence-corrected chi connectivity index (χ4v) is 5.68. The van der Waals surface area contributed by atoms with Crippen LogP contribution in [0, 0.1) is 0 Å². The van der Waals surface area contributed by atoms with Crippen molar-refractivity contribution in [2.75, 3.05) is 10.6 Å². The van der Waals surface area contributed by atoms with Crippen LogP contribution >= 0.6 is 22.9 Å². The van der Waals surface area contributed by atoms with Gasteiger partial charge in [-0.05, 0) is 106 Å². The second-order valence-electron chi connectivity index (χ2n) is 12.2. The Morgan fingerprint density at radius 1 is 0.822 bits per heavy atom. The molecule has 0 atom stereocenters. The average molecular weight is 663 g/mol. The fourth-order valence-electron chi connectivity index (χ4n) is 4.50. The van der Waals surface area contributed by atoms with E-state index in [0.29, 0.717) is 32.4 Å². The van der Waals surface area contributed by atoms with Crippen LogP contribution < -0.4 is 20.1 Å². The van der Waals surface area contributed by atoms with E-state index in [1.165, 1.54) is 23.5 Å². The molecular weight excluding hydrogens is 629 g/mol. The first kappa shape index (κ1) is 33.9. The molecule has 0 aliphatic carbocycles. The van der Waals surface area contributed by atoms with Gasteiger partial charge in [0, 0.05) is 32.6 Å². The Morgan fingerprint density at radius 3 is 2.13 bits per heavy atom. The molecule has 2 N–H and O–H groups in total. The number of anilines is 2. The summed E-state index contributed by atoms with van der Waals surface area (Å²) in [7, 11) is 0. The molecule has 0 radical (unpaired) electrons. The number of rotatable bonds is 8. The zero-order valence-corrected chi connectivity index (χ0v) is 27.4. The Bertz CT molecular complexity index is 1730. The summed E-state index contributed by atoms with van der Waals surface area (Å²) in [5, 5.41) is 6.65. The lowest BCUT2D eigenvalue weighted by molar-refractivity contribution is -0.274. The van der Waals surface area contributed by atoms with E-state index in [4.69, 9.17) is 21.1 Å². The highest BCUT2D eigenvalue weighted by Crippen LogP contribution is 2.40. The molecule has 0 bridgehead atoms. The summed E-state index contributed by atoms with van der Waals surface area (Å²) < 4.78 is 55.4. The molecule has 4 aromatic rings. The number of thiophene rings is 1. The molecule has 1 aromatic heterocycles. The minimum Gasteiger partial charge on any atom is -0.491 e. The standard InChI is InChI=1S/C33H34ClF3N2O5S/c1-18(2)42-25-14-21(15-26(17-25)43-33(35,36)37)32(6,7)20-12-22(34)16-24(13-20)38-29(40)28-11-19-10-23(8-9-27(19)45-28)39-30(41)44-31(3,4)5/h8-18H,1-7H3,(H,38,40)(H,39,41). The molecule has 45 heavy (non-hydrogen) atoms. The molecule has 0 aliphatic rings. The molecule has 0 saturated heterocycles. The highest BCUT2D eigenvalue weighted by molar-refractivity contribution is 7.20. The lowest BCUT2D eigenvalue weighted by atomic mass is 9.78. The summed E-state index contributed by atoms with van der Waals surface area (Å²) in [5.74, 6) is -0.565. The number of nitrogens with one attached hydrogen (secondary N) is 2. The van der Waals surface area contributed by atoms with Crippen LogP contribution in [-0.2, 0) is 10.2 Å². The number of carbonyl (C=O) groups excluding carboxylic acids is 2. The summed E-state index contributed by atoms with van der Waals surface area (Å²) >= 11 is 7.74. The first-order valence-corrected chi connectivity index (χ1v) is 15.2. The predicted octanol–water partition coefficient (Wildman–Crippen LogP) is 10.2. The van der Waals surface area contributed by atoms with Crippen LogP contribution in [0.15, 0.2) is 60.7 Å². The Hall–Kier alpha value is -3.96. The van der Waals surface area contributed by atoms with Crippen molar-refractivity contribution in [1.82, 2.24) is 0 Å². The predicted molar refractivity (Wildman–Crippen MR) is 172 cm³/mol. The van der Waals surface area contributed by atoms with Gasteiger partial charge in [-0.25, -0.2) is 4.79 Å². The largest absolute Gasteiger partial charge is 0.573 e. The van der Waals surface area contributed by atoms with E-state index in [1.54, 1.807) is 83.1 Å². The lowest BCUT2D eigenvalue weighted by Gasteiger charge is -2.28. The van der Waals surface area contributed by atoms with Crippen molar-refractivity contribution in [3.05, 3.63) is 81.7 Å². The van der Waals surface area contributed by atoms with Gasteiger partial charge in [0.05, 0.1) is 11.0 Å². The van der Waals surface area contributed by atoms with Gasteiger partial charge in [0.15, 0.2) is 0 Å². The Kier molecular flexibility index (Phi) is 9.65. The maximum absolute atomic E-state index is 13.3. The van der Waals surface area contributed by atoms with Crippen LogP contribution in [0.5, 0.6) is 11.5 Å². The molecule has 4 rings (SSSR count). The highest BCUT2D eigenvalue weighted by Gasteiger charge is 2.33. The van der Waals surface area contributed by atoms with Crippen LogP contribution in [0.25, 0.3) is 10.1 Å². The Labute approximate surface area is 268 Å². The molecule has 12 heteroatoms. The molecule has 0 aliphatic heterocycles. The van der Waals surface area contributed by atoms with Crippen LogP contribution in [0.2, 0.25) is 5.02 Å². The molecule has 0 saturated carbocycles. The van der Waals surface area contributed by atoms with Crippen LogP contribution in [0.3, 0.4) is 0 Å². The molecule has 3 aromatic carbocycles. The summed E-state index contributed by atoms with van der Waals surface area (Å²) in [5.41, 5.74) is 0.531. The smallest absolute Gasteiger partial charge is 0.491 e. The summed E-state index contributed by atoms with van der Waals surface area (Å²) in [6.07, 6.45) is -5.75. The minimum absolute atomic E-state index is 0.222. The number of halogens is 4. The first-order chi connectivity index (χ1) is 20.8. The van der Waals surface area contributed by atoms with Crippen molar-refractivity contribution < 1.29 is 37.0 Å². The Balaban J connectivity index is 1.59. The minimum atomic E-state index is -4.88. The zero-order chi connectivity index (χ0) is 33.3. The van der Waals surface area contributed by atoms with Gasteiger partial charge in [-0.15, -0.1) is 24.5 Å². The van der Waals surface area contributed by atoms with Crippen LogP contribution in [-0.4, -0.2) is 30.1 Å². The number of ether oxygens (including phenoxy) is 3. The van der Waals surface area contributed by atoms with Crippen molar-refractivity contribution >= 4 is 56.4 Å². The third-order valence-electron chi connectivity index (χ3n) is 6.47. The average Bonchev–Trinajstić information content (AvgIpc) is 3.29. The third-order valence-corrected chi connectivity index (χ3v) is 7.80. The number of fused-ring (bicyclic) bond motifs is 1. The number of hydrogen-bond donors (Lipinski definition) is 2. The van der Waals surface area contributed by atoms with E-state index in [2.05, 4.69) is 15.4 Å². The van der Waals surface area contributed by atoms with Crippen LogP contribution in [0.4, 0.5) is 29.3 Å². The maximum Gasteiger partial charge on any atom is 0.573 e. The van der Waals surface area contributed by atoms with Gasteiger partial charge in [-0.2, -0.15) is 0 Å². The molecule has 0 unspecified atom stereocenters. The summed E-state index contributed by atoms with van der Waals surface area (Å²) in [6, 6.07) is 16.2. The van der Waals surface area contributed by atoms with Gasteiger partial charge in [0.1, 0.15) is 17.1 Å². The van der Waals surface area contributed by atoms with E-state index in [9.17, 15) is 22.8 Å². The van der Waals surface area contributed by atoms with Gasteiger partial charge in [0.2, 0.25) is 0 Å². The molecule has 0 fully saturated rings. The SMILES string of the molecule is CC(C)Oc1cc(OC(F)(F)F)cc(C(C)(C)c2cc(Cl)cc(NC(=O)c3cc4cc(NC(=O)OC(C)(C)C)ccc4s3)c2)c1. The topological polar surface area (TPSA) is 85.9 Å². The third kappa shape index (κ3) is 9.27. The van der Waals surface area contributed by atoms with Gasteiger partial charge in [-0.3, -0.25) is 10.1 Å². The van der Waals surface area contributed by atoms with E-state index in [0.717, 1.165) is 10.1 Å². The number of alkyl halides is 3. The van der Waals surface area contributed by atoms with E-state index >= 15 is 0 Å². The molecule has 7 nitrogen and oxygen atoms in total. The summed E-state index contributed by atoms with van der Waals surface area (Å²) in [4.78, 5) is 25.9. The van der Waals surface area contributed by atoms with Crippen molar-refractivity contribution in [1.29, 1.82) is 0 Å². The summed E-state index contributed by atoms with van der Waals surface area (Å²) in [6.45, 7) is 12.5. The zero-order valence-electron chi connectivity index (χ0n) is 25.8. The number of carbonyl (C=O) groups is 2. The monoisotopic (exact) mass is 662 g/mol.